The molecule has 8 heteroatoms. The number of benzene rings is 1. The predicted octanol–water partition coefficient (Wildman–Crippen LogP) is 2.36. The Bertz CT molecular complexity index is 884. The van der Waals surface area contributed by atoms with E-state index in [-0.39, 0.29) is 18.3 Å². The van der Waals surface area contributed by atoms with E-state index >= 15 is 0 Å². The molecular formula is C16H14FN3O3S. The van der Waals surface area contributed by atoms with E-state index in [1.807, 2.05) is 17.5 Å². The van der Waals surface area contributed by atoms with E-state index in [0.29, 0.717) is 12.1 Å². The Morgan fingerprint density at radius 3 is 2.75 bits per heavy atom. The van der Waals surface area contributed by atoms with E-state index in [1.54, 1.807) is 18.4 Å². The van der Waals surface area contributed by atoms with Crippen molar-refractivity contribution in [1.82, 2.24) is 14.7 Å². The molecule has 0 aliphatic rings. The highest BCUT2D eigenvalue weighted by Crippen LogP contribution is 2.16. The van der Waals surface area contributed by atoms with Gasteiger partial charge in [0.1, 0.15) is 12.4 Å². The van der Waals surface area contributed by atoms with Crippen molar-refractivity contribution in [3.05, 3.63) is 63.0 Å². The molecule has 0 bridgehead atoms. The second-order valence-corrected chi connectivity index (χ2v) is 6.20. The Kier molecular flexibility index (Phi) is 4.57. The van der Waals surface area contributed by atoms with Crippen molar-refractivity contribution >= 4 is 17.2 Å². The minimum absolute atomic E-state index is 0.0497. The molecule has 1 amide bonds. The second kappa shape index (κ2) is 6.79. The van der Waals surface area contributed by atoms with E-state index in [9.17, 15) is 14.0 Å². The first-order valence-electron chi connectivity index (χ1n) is 7.13. The molecule has 0 atom stereocenters. The summed E-state index contributed by atoms with van der Waals surface area (Å²) in [6, 6.07) is 9.24. The zero-order chi connectivity index (χ0) is 17.1. The molecule has 0 saturated heterocycles. The van der Waals surface area contributed by atoms with Crippen LogP contribution >= 0.6 is 11.3 Å². The van der Waals surface area contributed by atoms with Crippen LogP contribution in [0.2, 0.25) is 0 Å². The Morgan fingerprint density at radius 1 is 1.33 bits per heavy atom. The topological polar surface area (TPSA) is 68.3 Å². The summed E-state index contributed by atoms with van der Waals surface area (Å²) >= 11 is 1.55. The minimum Gasteiger partial charge on any atom is -0.388 e. The van der Waals surface area contributed by atoms with Crippen LogP contribution in [0.4, 0.5) is 4.39 Å². The number of thiophene rings is 1. The van der Waals surface area contributed by atoms with Gasteiger partial charge >= 0.3 is 5.76 Å². The Morgan fingerprint density at radius 2 is 2.08 bits per heavy atom. The fraction of sp³-hybridized carbons (Fsp3) is 0.188. The van der Waals surface area contributed by atoms with Crippen LogP contribution in [0.5, 0.6) is 0 Å². The van der Waals surface area contributed by atoms with Gasteiger partial charge in [-0.1, -0.05) is 6.07 Å². The van der Waals surface area contributed by atoms with Gasteiger partial charge in [-0.2, -0.15) is 4.68 Å². The Labute approximate surface area is 140 Å². The molecule has 3 aromatic rings. The average molecular weight is 347 g/mol. The third-order valence-electron chi connectivity index (χ3n) is 3.38. The molecule has 24 heavy (non-hydrogen) atoms. The summed E-state index contributed by atoms with van der Waals surface area (Å²) in [4.78, 5) is 26.6. The zero-order valence-corrected chi connectivity index (χ0v) is 13.6. The highest BCUT2D eigenvalue weighted by atomic mass is 32.1. The maximum atomic E-state index is 12.9. The van der Waals surface area contributed by atoms with Crippen LogP contribution in [0.1, 0.15) is 4.88 Å². The van der Waals surface area contributed by atoms with E-state index in [4.69, 9.17) is 4.42 Å². The maximum absolute atomic E-state index is 12.9. The number of rotatable bonds is 5. The molecule has 6 nitrogen and oxygen atoms in total. The molecule has 0 aliphatic heterocycles. The van der Waals surface area contributed by atoms with Crippen LogP contribution in [0.25, 0.3) is 11.5 Å². The van der Waals surface area contributed by atoms with Gasteiger partial charge in [0, 0.05) is 17.5 Å². The molecule has 1 aromatic carbocycles. The standard InChI is InChI=1S/C16H14FN3O3S/c1-19(9-13-3-2-8-24-13)14(21)10-20-16(22)23-15(18-20)11-4-6-12(17)7-5-11/h2-8H,9-10H2,1H3. The minimum atomic E-state index is -0.729. The molecule has 0 saturated carbocycles. The van der Waals surface area contributed by atoms with Gasteiger partial charge < -0.3 is 9.32 Å². The van der Waals surface area contributed by atoms with Crippen molar-refractivity contribution in [3.63, 3.8) is 0 Å². The molecule has 124 valence electrons. The number of carbonyl (C=O) groups excluding carboxylic acids is 1. The molecule has 0 unspecified atom stereocenters. The smallest absolute Gasteiger partial charge is 0.388 e. The van der Waals surface area contributed by atoms with Crippen molar-refractivity contribution in [3.8, 4) is 11.5 Å². The van der Waals surface area contributed by atoms with Crippen molar-refractivity contribution in [2.45, 2.75) is 13.1 Å². The van der Waals surface area contributed by atoms with Gasteiger partial charge in [0.15, 0.2) is 0 Å². The quantitative estimate of drug-likeness (QED) is 0.710. The second-order valence-electron chi connectivity index (χ2n) is 5.17. The molecular weight excluding hydrogens is 333 g/mol. The summed E-state index contributed by atoms with van der Waals surface area (Å²) in [7, 11) is 1.66. The number of carbonyl (C=O) groups is 1. The van der Waals surface area contributed by atoms with Crippen molar-refractivity contribution < 1.29 is 13.6 Å². The molecule has 3 rings (SSSR count). The molecule has 0 spiro atoms. The first kappa shape index (κ1) is 16.1. The third-order valence-corrected chi connectivity index (χ3v) is 4.24. The van der Waals surface area contributed by atoms with E-state index < -0.39 is 11.6 Å². The number of nitrogens with zero attached hydrogens (tertiary/aromatic N) is 3. The van der Waals surface area contributed by atoms with Crippen LogP contribution in [0, 0.1) is 5.82 Å². The molecule has 2 heterocycles. The number of hydrogen-bond acceptors (Lipinski definition) is 5. The number of halogens is 1. The predicted molar refractivity (Wildman–Crippen MR) is 87.0 cm³/mol. The van der Waals surface area contributed by atoms with Gasteiger partial charge in [-0.15, -0.1) is 16.4 Å². The van der Waals surface area contributed by atoms with Crippen LogP contribution in [-0.2, 0) is 17.9 Å². The Hall–Kier alpha value is -2.74. The van der Waals surface area contributed by atoms with Gasteiger partial charge in [-0.25, -0.2) is 9.18 Å². The summed E-state index contributed by atoms with van der Waals surface area (Å²) in [6.07, 6.45) is 0. The lowest BCUT2D eigenvalue weighted by molar-refractivity contribution is -0.131. The summed E-state index contributed by atoms with van der Waals surface area (Å²) in [5, 5.41) is 5.93. The van der Waals surface area contributed by atoms with Gasteiger partial charge in [-0.3, -0.25) is 4.79 Å². The maximum Gasteiger partial charge on any atom is 0.437 e. The average Bonchev–Trinajstić information content (AvgIpc) is 3.18. The summed E-state index contributed by atoms with van der Waals surface area (Å²) in [6.45, 7) is 0.249. The van der Waals surface area contributed by atoms with Gasteiger partial charge in [0.05, 0.1) is 6.54 Å². The normalized spacial score (nSPS) is 10.8. The number of hydrogen-bond donors (Lipinski definition) is 0. The lowest BCUT2D eigenvalue weighted by Gasteiger charge is -2.15. The van der Waals surface area contributed by atoms with Crippen LogP contribution < -0.4 is 5.76 Å². The fourth-order valence-corrected chi connectivity index (χ4v) is 2.85. The largest absolute Gasteiger partial charge is 0.437 e. The number of amides is 1. The highest BCUT2D eigenvalue weighted by molar-refractivity contribution is 7.09. The Balaban J connectivity index is 1.72. The van der Waals surface area contributed by atoms with Crippen LogP contribution in [0.3, 0.4) is 0 Å². The van der Waals surface area contributed by atoms with Gasteiger partial charge in [-0.05, 0) is 35.7 Å². The van der Waals surface area contributed by atoms with Gasteiger partial charge in [0.25, 0.3) is 0 Å². The van der Waals surface area contributed by atoms with Crippen molar-refractivity contribution in [1.29, 1.82) is 0 Å². The SMILES string of the molecule is CN(Cc1cccs1)C(=O)Cn1nc(-c2ccc(F)cc2)oc1=O. The van der Waals surface area contributed by atoms with Crippen LogP contribution in [-0.4, -0.2) is 27.6 Å². The van der Waals surface area contributed by atoms with E-state index in [1.165, 1.54) is 29.2 Å². The first-order chi connectivity index (χ1) is 11.5. The summed E-state index contributed by atoms with van der Waals surface area (Å²) in [5.41, 5.74) is 0.464. The fourth-order valence-electron chi connectivity index (χ4n) is 2.09. The highest BCUT2D eigenvalue weighted by Gasteiger charge is 2.16. The first-order valence-corrected chi connectivity index (χ1v) is 8.01. The van der Waals surface area contributed by atoms with Gasteiger partial charge in [0.2, 0.25) is 11.8 Å². The summed E-state index contributed by atoms with van der Waals surface area (Å²) in [5.74, 6) is -1.34. The summed E-state index contributed by atoms with van der Waals surface area (Å²) < 4.78 is 18.9. The van der Waals surface area contributed by atoms with Crippen LogP contribution in [0.15, 0.2) is 51.0 Å². The lowest BCUT2D eigenvalue weighted by Crippen LogP contribution is -2.32. The number of aromatic nitrogens is 2. The van der Waals surface area contributed by atoms with Crippen molar-refractivity contribution in [2.75, 3.05) is 7.05 Å². The third kappa shape index (κ3) is 3.60. The van der Waals surface area contributed by atoms with Crippen molar-refractivity contribution in [2.24, 2.45) is 0 Å². The molecule has 0 aliphatic carbocycles. The molecule has 0 N–H and O–H groups in total. The van der Waals surface area contributed by atoms with E-state index in [2.05, 4.69) is 5.10 Å². The molecule has 0 fully saturated rings. The lowest BCUT2D eigenvalue weighted by atomic mass is 10.2. The van der Waals surface area contributed by atoms with E-state index in [0.717, 1.165) is 9.56 Å². The monoisotopic (exact) mass is 347 g/mol. The zero-order valence-electron chi connectivity index (χ0n) is 12.8. The molecule has 0 radical (unpaired) electrons. The number of likely N-dealkylation sites (N-methyl/N-ethyl adjacent to an activating group) is 1. The molecule has 2 aromatic heterocycles.